The van der Waals surface area contributed by atoms with Crippen LogP contribution < -0.4 is 9.47 Å². The van der Waals surface area contributed by atoms with E-state index in [4.69, 9.17) is 9.47 Å². The van der Waals surface area contributed by atoms with Crippen LogP contribution in [-0.4, -0.2) is 37.6 Å². The van der Waals surface area contributed by atoms with Gasteiger partial charge in [-0.3, -0.25) is 9.59 Å². The highest BCUT2D eigenvalue weighted by Gasteiger charge is 2.06. The topological polar surface area (TPSA) is 77.6 Å². The van der Waals surface area contributed by atoms with Crippen LogP contribution in [0.15, 0.2) is 54.7 Å². The highest BCUT2D eigenvalue weighted by atomic mass is 16.5. The minimum absolute atomic E-state index is 0.0977. The summed E-state index contributed by atoms with van der Waals surface area (Å²) in [6.45, 7) is 0.409. The van der Waals surface area contributed by atoms with Crippen molar-refractivity contribution >= 4 is 28.7 Å². The molecule has 29 heavy (non-hydrogen) atoms. The second-order valence-electron chi connectivity index (χ2n) is 6.41. The van der Waals surface area contributed by atoms with E-state index in [9.17, 15) is 9.59 Å². The molecule has 0 saturated heterocycles. The Balaban J connectivity index is 1.60. The van der Waals surface area contributed by atoms with Gasteiger partial charge in [-0.15, -0.1) is 0 Å². The molecule has 0 amide bonds. The highest BCUT2D eigenvalue weighted by Crippen LogP contribution is 2.24. The second-order valence-corrected chi connectivity index (χ2v) is 6.41. The van der Waals surface area contributed by atoms with E-state index in [1.54, 1.807) is 43.5 Å². The molecular formula is C23H23NO5. The van der Waals surface area contributed by atoms with Gasteiger partial charge in [0.2, 0.25) is 0 Å². The van der Waals surface area contributed by atoms with Crippen molar-refractivity contribution in [3.8, 4) is 11.5 Å². The molecule has 3 aromatic rings. The molecule has 0 atom stereocenters. The first-order valence-electron chi connectivity index (χ1n) is 9.28. The van der Waals surface area contributed by atoms with Crippen molar-refractivity contribution in [2.45, 2.75) is 12.8 Å². The lowest BCUT2D eigenvalue weighted by Gasteiger charge is -2.06. The van der Waals surface area contributed by atoms with Crippen LogP contribution in [0.5, 0.6) is 11.5 Å². The summed E-state index contributed by atoms with van der Waals surface area (Å²) in [6.07, 6.45) is 6.09. The molecule has 3 rings (SSSR count). The number of H-pyrrole nitrogens is 1. The molecule has 1 aromatic heterocycles. The number of esters is 1. The van der Waals surface area contributed by atoms with Crippen molar-refractivity contribution in [1.82, 2.24) is 4.98 Å². The maximum absolute atomic E-state index is 12.5. The molecule has 2 aromatic carbocycles. The summed E-state index contributed by atoms with van der Waals surface area (Å²) in [5.41, 5.74) is 2.46. The average molecular weight is 393 g/mol. The molecule has 6 heteroatoms. The van der Waals surface area contributed by atoms with E-state index >= 15 is 0 Å². The van der Waals surface area contributed by atoms with Gasteiger partial charge in [-0.2, -0.15) is 0 Å². The summed E-state index contributed by atoms with van der Waals surface area (Å²) in [7, 11) is 2.99. The van der Waals surface area contributed by atoms with E-state index in [0.717, 1.165) is 22.2 Å². The van der Waals surface area contributed by atoms with Crippen LogP contribution in [0, 0.1) is 0 Å². The first kappa shape index (κ1) is 20.2. The van der Waals surface area contributed by atoms with E-state index < -0.39 is 0 Å². The van der Waals surface area contributed by atoms with Gasteiger partial charge in [0.15, 0.2) is 5.78 Å². The van der Waals surface area contributed by atoms with E-state index in [1.807, 2.05) is 24.4 Å². The third-order valence-electron chi connectivity index (χ3n) is 4.50. The molecule has 150 valence electrons. The number of allylic oxidation sites excluding steroid dienone is 1. The zero-order valence-corrected chi connectivity index (χ0v) is 16.4. The van der Waals surface area contributed by atoms with Crippen LogP contribution in [-0.2, 0) is 9.53 Å². The van der Waals surface area contributed by atoms with Crippen molar-refractivity contribution in [3.05, 3.63) is 65.9 Å². The van der Waals surface area contributed by atoms with Crippen molar-refractivity contribution in [1.29, 1.82) is 0 Å². The van der Waals surface area contributed by atoms with Crippen LogP contribution in [0.25, 0.3) is 17.0 Å². The molecule has 0 aliphatic rings. The molecule has 0 fully saturated rings. The van der Waals surface area contributed by atoms with Crippen molar-refractivity contribution in [2.75, 3.05) is 20.8 Å². The number of hydrogen-bond acceptors (Lipinski definition) is 5. The van der Waals surface area contributed by atoms with Crippen molar-refractivity contribution in [3.63, 3.8) is 0 Å². The number of fused-ring (bicyclic) bond motifs is 1. The lowest BCUT2D eigenvalue weighted by molar-refractivity contribution is -0.140. The summed E-state index contributed by atoms with van der Waals surface area (Å²) >= 11 is 0. The van der Waals surface area contributed by atoms with Crippen LogP contribution in [0.3, 0.4) is 0 Å². The Morgan fingerprint density at radius 3 is 2.52 bits per heavy atom. The number of hydrogen-bond donors (Lipinski definition) is 1. The van der Waals surface area contributed by atoms with Crippen LogP contribution in [0.1, 0.15) is 28.8 Å². The first-order chi connectivity index (χ1) is 14.1. The van der Waals surface area contributed by atoms with E-state index in [0.29, 0.717) is 30.8 Å². The van der Waals surface area contributed by atoms with Gasteiger partial charge in [0, 0.05) is 34.6 Å². The van der Waals surface area contributed by atoms with Gasteiger partial charge in [-0.05, 0) is 61.0 Å². The molecule has 6 nitrogen and oxygen atoms in total. The first-order valence-corrected chi connectivity index (χ1v) is 9.28. The fourth-order valence-electron chi connectivity index (χ4n) is 2.87. The summed E-state index contributed by atoms with van der Waals surface area (Å²) < 4.78 is 15.4. The largest absolute Gasteiger partial charge is 0.497 e. The Morgan fingerprint density at radius 2 is 1.79 bits per heavy atom. The summed E-state index contributed by atoms with van der Waals surface area (Å²) in [5.74, 6) is 1.06. The minimum atomic E-state index is -0.255. The smallest absolute Gasteiger partial charge is 0.305 e. The Morgan fingerprint density at radius 1 is 1.03 bits per heavy atom. The molecule has 1 N–H and O–H groups in total. The standard InChI is InChI=1S/C23H23NO5/c1-27-19-10-11-21-20(14-19)17(15-24-21)7-12-22(25)16-5-8-18(9-6-16)29-13-3-4-23(26)28-2/h5-12,14-15,24H,3-4,13H2,1-2H3/b12-7+. The van der Waals surface area contributed by atoms with Gasteiger partial charge in [-0.1, -0.05) is 0 Å². The normalized spacial score (nSPS) is 11.0. The molecule has 0 unspecified atom stereocenters. The average Bonchev–Trinajstić information content (AvgIpc) is 3.17. The predicted molar refractivity (Wildman–Crippen MR) is 111 cm³/mol. The molecule has 0 saturated carbocycles. The van der Waals surface area contributed by atoms with Crippen molar-refractivity contribution in [2.24, 2.45) is 0 Å². The number of methoxy groups -OCH3 is 2. The number of ketones is 1. The number of nitrogens with one attached hydrogen (secondary N) is 1. The quantitative estimate of drug-likeness (QED) is 0.252. The van der Waals surface area contributed by atoms with Gasteiger partial charge >= 0.3 is 5.97 Å². The maximum Gasteiger partial charge on any atom is 0.305 e. The Bertz CT molecular complexity index is 1020. The monoisotopic (exact) mass is 393 g/mol. The van der Waals surface area contributed by atoms with Gasteiger partial charge in [0.1, 0.15) is 11.5 Å². The summed E-state index contributed by atoms with van der Waals surface area (Å²) in [6, 6.07) is 12.7. The van der Waals surface area contributed by atoms with Crippen LogP contribution in [0.2, 0.25) is 0 Å². The fourth-order valence-corrected chi connectivity index (χ4v) is 2.87. The zero-order valence-electron chi connectivity index (χ0n) is 16.4. The number of carbonyl (C=O) groups excluding carboxylic acids is 2. The Labute approximate surface area is 169 Å². The van der Waals surface area contributed by atoms with Crippen LogP contribution in [0.4, 0.5) is 0 Å². The maximum atomic E-state index is 12.5. The third-order valence-corrected chi connectivity index (χ3v) is 4.50. The zero-order chi connectivity index (χ0) is 20.6. The van der Waals surface area contributed by atoms with E-state index in [-0.39, 0.29) is 11.8 Å². The molecule has 0 aliphatic carbocycles. The molecule has 0 bridgehead atoms. The number of aromatic amines is 1. The van der Waals surface area contributed by atoms with Gasteiger partial charge in [-0.25, -0.2) is 0 Å². The third kappa shape index (κ3) is 5.25. The number of ether oxygens (including phenoxy) is 3. The van der Waals surface area contributed by atoms with Gasteiger partial charge in [0.05, 0.1) is 20.8 Å². The minimum Gasteiger partial charge on any atom is -0.497 e. The number of rotatable bonds is 9. The Kier molecular flexibility index (Phi) is 6.68. The predicted octanol–water partition coefficient (Wildman–Crippen LogP) is 4.40. The molecule has 0 spiro atoms. The van der Waals surface area contributed by atoms with Gasteiger partial charge in [0.25, 0.3) is 0 Å². The van der Waals surface area contributed by atoms with Crippen LogP contribution >= 0.6 is 0 Å². The SMILES string of the molecule is COC(=O)CCCOc1ccc(C(=O)/C=C/c2c[nH]c3ccc(OC)cc23)cc1. The van der Waals surface area contributed by atoms with Gasteiger partial charge < -0.3 is 19.2 Å². The number of carbonyl (C=O) groups is 2. The van der Waals surface area contributed by atoms with E-state index in [2.05, 4.69) is 9.72 Å². The van der Waals surface area contributed by atoms with Crippen molar-refractivity contribution < 1.29 is 23.8 Å². The summed E-state index contributed by atoms with van der Waals surface area (Å²) in [4.78, 5) is 26.7. The second kappa shape index (κ2) is 9.59. The summed E-state index contributed by atoms with van der Waals surface area (Å²) in [5, 5.41) is 0.990. The lowest BCUT2D eigenvalue weighted by atomic mass is 10.1. The number of benzene rings is 2. The molecule has 0 radical (unpaired) electrons. The lowest BCUT2D eigenvalue weighted by Crippen LogP contribution is -2.04. The highest BCUT2D eigenvalue weighted by molar-refractivity contribution is 6.07. The number of aromatic nitrogens is 1. The fraction of sp³-hybridized carbons (Fsp3) is 0.217. The van der Waals surface area contributed by atoms with E-state index in [1.165, 1.54) is 7.11 Å². The Hall–Kier alpha value is -3.54. The molecular weight excluding hydrogens is 370 g/mol. The molecule has 1 heterocycles. The molecule has 0 aliphatic heterocycles.